The Hall–Kier alpha value is -5.88. The van der Waals surface area contributed by atoms with Gasteiger partial charge in [0.15, 0.2) is 21.7 Å². The Morgan fingerprint density at radius 3 is 1.40 bits per heavy atom. The Morgan fingerprint density at radius 1 is 0.570 bits per heavy atom. The van der Waals surface area contributed by atoms with Gasteiger partial charge < -0.3 is 14.8 Å². The Morgan fingerprint density at radius 2 is 1.01 bits per heavy atom. The summed E-state index contributed by atoms with van der Waals surface area (Å²) < 4.78 is 73.8. The Balaban J connectivity index is 0.000000160. The highest BCUT2D eigenvalue weighted by atomic mass is 35.5. The lowest BCUT2D eigenvalue weighted by Crippen LogP contribution is -2.31. The Bertz CT molecular complexity index is 3520. The molecule has 0 aromatic carbocycles. The summed E-state index contributed by atoms with van der Waals surface area (Å²) in [5, 5.41) is 20.0. The van der Waals surface area contributed by atoms with E-state index < -0.39 is 31.9 Å². The average molecular weight is 1260 g/mol. The zero-order valence-corrected chi connectivity index (χ0v) is 52.5. The van der Waals surface area contributed by atoms with Crippen molar-refractivity contribution in [2.75, 3.05) is 19.8 Å². The predicted molar refractivity (Wildman–Crippen MR) is 320 cm³/mol. The van der Waals surface area contributed by atoms with Gasteiger partial charge >= 0.3 is 0 Å². The molecule has 460 valence electrons. The van der Waals surface area contributed by atoms with Crippen LogP contribution in [-0.2, 0) is 33.1 Å². The van der Waals surface area contributed by atoms with Crippen molar-refractivity contribution >= 4 is 55.1 Å². The number of hydrogen-bond acceptors (Lipinski definition) is 15. The molecule has 0 unspecified atom stereocenters. The van der Waals surface area contributed by atoms with Crippen molar-refractivity contribution in [3.8, 4) is 23.4 Å². The van der Waals surface area contributed by atoms with Crippen LogP contribution in [0.3, 0.4) is 0 Å². The van der Waals surface area contributed by atoms with E-state index in [-0.39, 0.29) is 37.0 Å². The summed E-state index contributed by atoms with van der Waals surface area (Å²) in [6.07, 6.45) is 28.7. The van der Waals surface area contributed by atoms with E-state index in [9.17, 15) is 26.4 Å². The number of halogens is 2. The smallest absolute Gasteiger partial charge is 0.283 e. The topological polar surface area (TPSA) is 254 Å². The number of sulfonamides is 2. The molecule has 21 nitrogen and oxygen atoms in total. The van der Waals surface area contributed by atoms with Crippen LogP contribution in [0.25, 0.3) is 11.6 Å². The molecule has 7 aliphatic carbocycles. The molecule has 7 heterocycles. The molecule has 7 saturated carbocycles. The summed E-state index contributed by atoms with van der Waals surface area (Å²) in [4.78, 5) is 34.3. The van der Waals surface area contributed by atoms with Gasteiger partial charge in [0.1, 0.15) is 10.3 Å². The third-order valence-electron chi connectivity index (χ3n) is 20.7. The van der Waals surface area contributed by atoms with Crippen LogP contribution in [0, 0.1) is 50.7 Å². The van der Waals surface area contributed by atoms with Gasteiger partial charge in [0.2, 0.25) is 11.8 Å². The van der Waals surface area contributed by atoms with E-state index in [1.165, 1.54) is 104 Å². The molecule has 1 aliphatic heterocycles. The molecule has 2 amide bonds. The van der Waals surface area contributed by atoms with E-state index >= 15 is 0 Å². The first-order valence-corrected chi connectivity index (χ1v) is 34.4. The lowest BCUT2D eigenvalue weighted by Gasteiger charge is -2.17. The van der Waals surface area contributed by atoms with E-state index in [0.717, 1.165) is 63.3 Å². The normalized spacial score (nSPS) is 22.6. The summed E-state index contributed by atoms with van der Waals surface area (Å²) in [5.41, 5.74) is 3.10. The molecule has 14 rings (SSSR count). The highest BCUT2D eigenvalue weighted by molar-refractivity contribution is 7.90. The molecule has 0 bridgehead atoms. The summed E-state index contributed by atoms with van der Waals surface area (Å²) in [6.45, 7) is 12.5. The number of carbonyl (C=O) groups is 2. The van der Waals surface area contributed by atoms with Crippen molar-refractivity contribution in [3.05, 3.63) is 94.8 Å². The first-order chi connectivity index (χ1) is 41.0. The number of aromatic nitrogens is 10. The van der Waals surface area contributed by atoms with Crippen molar-refractivity contribution in [3.63, 3.8) is 0 Å². The SMILES string of the molecule is CC1(C)CC[C@@H](CCCn2ccc(S(=O)(=O)NC(=O)c3ccc(-n4ccc(OCCC5C6(CC6)C56CC6)n4)nc3Cl)n2)C1.CC1(C)C[C@H](CCCn2ccc(S(=O)(=O)NC(=O)c3ccc(-n4ccc(OCCC5C6(CC6)C56CC6)n4)nc3Cl)n2)CN1. The molecule has 8 aliphatic rings. The maximum absolute atomic E-state index is 12.9. The summed E-state index contributed by atoms with van der Waals surface area (Å²) in [7, 11) is -8.39. The number of amides is 2. The van der Waals surface area contributed by atoms with E-state index in [2.05, 4.69) is 72.8 Å². The molecule has 8 fully saturated rings. The summed E-state index contributed by atoms with van der Waals surface area (Å²) in [6, 6.07) is 12.3. The van der Waals surface area contributed by atoms with Crippen molar-refractivity contribution < 1.29 is 35.9 Å². The molecular weight excluding hydrogens is 1180 g/mol. The third-order valence-corrected chi connectivity index (χ3v) is 23.7. The van der Waals surface area contributed by atoms with Crippen molar-refractivity contribution in [2.45, 2.75) is 172 Å². The second-order valence-corrected chi connectivity index (χ2v) is 31.3. The second-order valence-electron chi connectivity index (χ2n) is 27.3. The molecule has 86 heavy (non-hydrogen) atoms. The number of aryl methyl sites for hydroxylation is 2. The number of fused-ring (bicyclic) bond motifs is 2. The maximum Gasteiger partial charge on any atom is 0.283 e. The van der Waals surface area contributed by atoms with Gasteiger partial charge in [-0.25, -0.2) is 28.8 Å². The number of ether oxygens (including phenoxy) is 2. The molecule has 6 aromatic rings. The van der Waals surface area contributed by atoms with Gasteiger partial charge in [0.05, 0.1) is 24.3 Å². The van der Waals surface area contributed by atoms with Gasteiger partial charge in [0.25, 0.3) is 31.9 Å². The molecule has 0 radical (unpaired) electrons. The first kappa shape index (κ1) is 59.1. The van der Waals surface area contributed by atoms with Gasteiger partial charge in [-0.05, 0) is 223 Å². The third kappa shape index (κ3) is 11.8. The molecule has 2 atom stereocenters. The summed E-state index contributed by atoms with van der Waals surface area (Å²) in [5.74, 6) is 2.95. The first-order valence-electron chi connectivity index (χ1n) is 30.7. The van der Waals surface area contributed by atoms with Crippen LogP contribution in [0.2, 0.25) is 10.3 Å². The molecule has 6 aromatic heterocycles. The largest absolute Gasteiger partial charge is 0.477 e. The minimum Gasteiger partial charge on any atom is -0.477 e. The molecular formula is C61H77Cl2N13O8S2. The number of pyridine rings is 2. The van der Waals surface area contributed by atoms with Crippen LogP contribution in [0.4, 0.5) is 0 Å². The molecule has 3 N–H and O–H groups in total. The minimum absolute atomic E-state index is 0.0658. The standard InChI is InChI=1S/C31H39ClN6O4S.C30H38ClN7O4S/c1-29(2)11-7-21(20-29)4-3-16-37-17-9-26(35-37)43(40,41)36-28(39)22-5-6-24(33-27(22)32)38-18-8-25(34-38)42-19-10-23-30(12-13-30)31(23)14-15-31;1-28(2)18-20(19-32-28)4-3-14-37-15-8-25(35-37)43(40,41)36-27(39)21-5-6-23(33-26(21)31)38-16-7-24(34-38)42-17-9-22-29(10-11-29)30(22)12-13-30/h5-6,8-9,17-18,21,23H,3-4,7,10-16,19-20H2,1-2H3,(H,36,39);5-8,15-16,20,22,32H,3-4,9-14,17-19H2,1-2H3,(H,36,39)/t21-;20-/m10/s1. The Labute approximate surface area is 512 Å². The van der Waals surface area contributed by atoms with E-state index in [1.54, 1.807) is 58.4 Å². The fourth-order valence-corrected chi connectivity index (χ4v) is 18.1. The molecule has 25 heteroatoms. The van der Waals surface area contributed by atoms with Crippen LogP contribution in [0.5, 0.6) is 11.8 Å². The average Bonchev–Trinajstić information content (AvgIpc) is 1.46. The van der Waals surface area contributed by atoms with E-state index in [4.69, 9.17) is 32.7 Å². The number of nitrogens with one attached hydrogen (secondary N) is 3. The lowest BCUT2D eigenvalue weighted by molar-refractivity contribution is 0.0972. The predicted octanol–water partition coefficient (Wildman–Crippen LogP) is 10.2. The van der Waals surface area contributed by atoms with Crippen molar-refractivity contribution in [1.82, 2.24) is 63.9 Å². The van der Waals surface area contributed by atoms with E-state index in [0.29, 0.717) is 88.6 Å². The van der Waals surface area contributed by atoms with Crippen molar-refractivity contribution in [1.29, 1.82) is 0 Å². The highest BCUT2D eigenvalue weighted by Crippen LogP contribution is 2.94. The second kappa shape index (κ2) is 22.0. The monoisotopic (exact) mass is 1250 g/mol. The van der Waals surface area contributed by atoms with E-state index in [1.807, 2.05) is 0 Å². The zero-order valence-electron chi connectivity index (χ0n) is 49.3. The fraction of sp³-hybridized carbons (Fsp3) is 0.607. The van der Waals surface area contributed by atoms with Crippen LogP contribution in [-0.4, -0.2) is 103 Å². The number of hydrogen-bond donors (Lipinski definition) is 3. The molecule has 4 spiro atoms. The summed E-state index contributed by atoms with van der Waals surface area (Å²) >= 11 is 12.6. The minimum atomic E-state index is -4.20. The lowest BCUT2D eigenvalue weighted by atomic mass is 9.89. The van der Waals surface area contributed by atoms with Gasteiger partial charge in [-0.15, -0.1) is 10.2 Å². The number of rotatable bonds is 24. The van der Waals surface area contributed by atoms with Crippen LogP contribution in [0.1, 0.15) is 164 Å². The van der Waals surface area contributed by atoms with Gasteiger partial charge in [-0.1, -0.05) is 37.0 Å². The zero-order chi connectivity index (χ0) is 60.1. The van der Waals surface area contributed by atoms with Crippen molar-refractivity contribution in [2.24, 2.45) is 50.7 Å². The van der Waals surface area contributed by atoms with Gasteiger partial charge in [-0.3, -0.25) is 19.0 Å². The van der Waals surface area contributed by atoms with Crippen LogP contribution >= 0.6 is 23.2 Å². The Kier molecular flexibility index (Phi) is 15.1. The van der Waals surface area contributed by atoms with Gasteiger partial charge in [-0.2, -0.15) is 27.0 Å². The van der Waals surface area contributed by atoms with Crippen LogP contribution < -0.4 is 24.2 Å². The highest BCUT2D eigenvalue weighted by Gasteiger charge is 2.86. The van der Waals surface area contributed by atoms with Crippen LogP contribution in [0.15, 0.2) is 83.4 Å². The molecule has 1 saturated heterocycles. The number of carbonyl (C=O) groups excluding carboxylic acids is 2. The quantitative estimate of drug-likeness (QED) is 0.0477. The fourth-order valence-electron chi connectivity index (χ4n) is 15.8. The van der Waals surface area contributed by atoms with Gasteiger partial charge in [0, 0.05) is 55.5 Å². The maximum atomic E-state index is 12.9. The number of nitrogens with zero attached hydrogens (tertiary/aromatic N) is 10.